The van der Waals surface area contributed by atoms with Crippen LogP contribution in [0.4, 0.5) is 0 Å². The second kappa shape index (κ2) is 7.34. The van der Waals surface area contributed by atoms with Gasteiger partial charge >= 0.3 is 104 Å². The van der Waals surface area contributed by atoms with Gasteiger partial charge in [-0.25, -0.2) is 0 Å². The van der Waals surface area contributed by atoms with Crippen LogP contribution in [0.25, 0.3) is 0 Å². The van der Waals surface area contributed by atoms with Crippen LogP contribution in [-0.4, -0.2) is 19.8 Å². The Morgan fingerprint density at radius 1 is 0.812 bits per heavy atom. The molecule has 0 aromatic heterocycles. The summed E-state index contributed by atoms with van der Waals surface area (Å²) < 4.78 is 18.7. The fourth-order valence-corrected chi connectivity index (χ4v) is 7.71. The molecule has 1 aromatic carbocycles. The Kier molecular flexibility index (Phi) is 6.44. The predicted molar refractivity (Wildman–Crippen MR) is 61.0 cm³/mol. The van der Waals surface area contributed by atoms with Crippen LogP contribution in [0, 0.1) is 0 Å². The summed E-state index contributed by atoms with van der Waals surface area (Å²) in [5, 5.41) is 0. The molecule has 0 atom stereocenters. The molecule has 0 bridgehead atoms. The first kappa shape index (κ1) is 14.0. The zero-order valence-corrected chi connectivity index (χ0v) is 12.7. The van der Waals surface area contributed by atoms with E-state index >= 15 is 0 Å². The van der Waals surface area contributed by atoms with Gasteiger partial charge in [0.2, 0.25) is 0 Å². The van der Waals surface area contributed by atoms with Gasteiger partial charge in [-0.15, -0.1) is 0 Å². The Morgan fingerprint density at radius 3 is 1.62 bits per heavy atom. The Morgan fingerprint density at radius 2 is 1.25 bits per heavy atom. The van der Waals surface area contributed by atoms with Crippen LogP contribution in [0.1, 0.15) is 20.8 Å². The van der Waals surface area contributed by atoms with E-state index in [1.165, 1.54) is 0 Å². The molecule has 0 aliphatic carbocycles. The van der Waals surface area contributed by atoms with E-state index in [0.717, 1.165) is 3.27 Å². The van der Waals surface area contributed by atoms with E-state index < -0.39 is 21.6 Å². The van der Waals surface area contributed by atoms with Crippen LogP contribution in [0.5, 0.6) is 0 Å². The van der Waals surface area contributed by atoms with Crippen molar-refractivity contribution in [2.24, 2.45) is 0 Å². The molecule has 0 amide bonds. The van der Waals surface area contributed by atoms with Gasteiger partial charge in [-0.2, -0.15) is 0 Å². The minimum absolute atomic E-state index is 0.630. The molecular weight excluding hydrogens is 283 g/mol. The molecule has 0 radical (unpaired) electrons. The number of rotatable bonds is 7. The van der Waals surface area contributed by atoms with Gasteiger partial charge in [0, 0.05) is 0 Å². The molecule has 0 unspecified atom stereocenters. The molecule has 16 heavy (non-hydrogen) atoms. The second-order valence-electron chi connectivity index (χ2n) is 3.22. The summed E-state index contributed by atoms with van der Waals surface area (Å²) in [6.07, 6.45) is 0. The van der Waals surface area contributed by atoms with E-state index in [2.05, 4.69) is 0 Å². The van der Waals surface area contributed by atoms with Gasteiger partial charge in [0.1, 0.15) is 0 Å². The van der Waals surface area contributed by atoms with Crippen molar-refractivity contribution in [2.75, 3.05) is 19.8 Å². The first-order valence-corrected chi connectivity index (χ1v) is 10.00. The van der Waals surface area contributed by atoms with Crippen molar-refractivity contribution in [3.8, 4) is 0 Å². The molecule has 0 saturated carbocycles. The van der Waals surface area contributed by atoms with E-state index in [1.54, 1.807) is 0 Å². The Hall–Kier alpha value is -0.0169. The topological polar surface area (TPSA) is 27.7 Å². The SMILES string of the molecule is CC[O][Zr]([O]CC)([O]CC)[c]1ccccc1. The summed E-state index contributed by atoms with van der Waals surface area (Å²) in [4.78, 5) is 0. The minimum atomic E-state index is -3.50. The van der Waals surface area contributed by atoms with Crippen LogP contribution in [-0.2, 0) is 30.0 Å². The summed E-state index contributed by atoms with van der Waals surface area (Å²) in [6.45, 7) is 7.83. The molecule has 1 aromatic rings. The van der Waals surface area contributed by atoms with Crippen LogP contribution in [0.2, 0.25) is 0 Å². The fraction of sp³-hybridized carbons (Fsp3) is 0.500. The van der Waals surface area contributed by atoms with Gasteiger partial charge in [-0.05, 0) is 0 Å². The van der Waals surface area contributed by atoms with Crippen molar-refractivity contribution in [1.82, 2.24) is 0 Å². The van der Waals surface area contributed by atoms with Gasteiger partial charge in [0.15, 0.2) is 0 Å². The summed E-state index contributed by atoms with van der Waals surface area (Å²) in [7, 11) is 0. The first-order chi connectivity index (χ1) is 7.79. The Labute approximate surface area is 104 Å². The summed E-state index contributed by atoms with van der Waals surface area (Å²) in [6, 6.07) is 10.1. The zero-order chi connectivity index (χ0) is 11.9. The van der Waals surface area contributed by atoms with Crippen molar-refractivity contribution in [1.29, 1.82) is 0 Å². The zero-order valence-electron chi connectivity index (χ0n) is 10.2. The average Bonchev–Trinajstić information content (AvgIpc) is 2.31. The van der Waals surface area contributed by atoms with Gasteiger partial charge in [0.25, 0.3) is 0 Å². The maximum absolute atomic E-state index is 5.86. The molecule has 0 fully saturated rings. The molecule has 0 spiro atoms. The third-order valence-corrected chi connectivity index (χ3v) is 9.62. The van der Waals surface area contributed by atoms with E-state index in [4.69, 9.17) is 8.44 Å². The van der Waals surface area contributed by atoms with Crippen LogP contribution in [0.3, 0.4) is 0 Å². The normalized spacial score (nSPS) is 11.7. The van der Waals surface area contributed by atoms with Crippen molar-refractivity contribution in [2.45, 2.75) is 20.8 Å². The number of benzene rings is 1. The second-order valence-corrected chi connectivity index (χ2v) is 9.50. The Bertz CT molecular complexity index is 273. The first-order valence-electron chi connectivity index (χ1n) is 5.76. The number of hydrogen-bond acceptors (Lipinski definition) is 3. The quantitative estimate of drug-likeness (QED) is 0.774. The fourth-order valence-electron chi connectivity index (χ4n) is 1.59. The van der Waals surface area contributed by atoms with Crippen LogP contribution in [0.15, 0.2) is 30.3 Å². The molecule has 0 heterocycles. The molecule has 0 aliphatic rings. The average molecular weight is 304 g/mol. The van der Waals surface area contributed by atoms with Crippen LogP contribution >= 0.6 is 0 Å². The molecule has 0 saturated heterocycles. The van der Waals surface area contributed by atoms with E-state index in [1.807, 2.05) is 51.1 Å². The van der Waals surface area contributed by atoms with E-state index in [9.17, 15) is 0 Å². The van der Waals surface area contributed by atoms with Gasteiger partial charge < -0.3 is 0 Å². The molecule has 3 nitrogen and oxygen atoms in total. The van der Waals surface area contributed by atoms with E-state index in [0.29, 0.717) is 19.8 Å². The van der Waals surface area contributed by atoms with Crippen molar-refractivity contribution < 1.29 is 30.0 Å². The standard InChI is InChI=1S/C6H5.3C2H5O.Zr/c1-2-4-6-5-3-1;3*1-2-3;/h1-5H;3*2H2,1H3;/q;3*-1;+3. The summed E-state index contributed by atoms with van der Waals surface area (Å²) >= 11 is -3.50. The van der Waals surface area contributed by atoms with Gasteiger partial charge in [0.05, 0.1) is 0 Å². The molecule has 90 valence electrons. The third-order valence-electron chi connectivity index (χ3n) is 2.13. The summed E-state index contributed by atoms with van der Waals surface area (Å²) in [5.41, 5.74) is 0. The molecule has 1 rings (SSSR count). The Balaban J connectivity index is 2.99. The monoisotopic (exact) mass is 302 g/mol. The molecular formula is C12H20O3Zr. The van der Waals surface area contributed by atoms with Crippen molar-refractivity contribution >= 4 is 3.27 Å². The van der Waals surface area contributed by atoms with Crippen LogP contribution < -0.4 is 3.27 Å². The molecule has 4 heteroatoms. The van der Waals surface area contributed by atoms with Gasteiger partial charge in [-0.1, -0.05) is 0 Å². The van der Waals surface area contributed by atoms with E-state index in [-0.39, 0.29) is 0 Å². The predicted octanol–water partition coefficient (Wildman–Crippen LogP) is 2.32. The van der Waals surface area contributed by atoms with Crippen molar-refractivity contribution in [3.63, 3.8) is 0 Å². The maximum atomic E-state index is 5.86. The number of hydrogen-bond donors (Lipinski definition) is 0. The molecule has 0 aliphatic heterocycles. The third kappa shape index (κ3) is 3.49. The molecule has 0 N–H and O–H groups in total. The van der Waals surface area contributed by atoms with Gasteiger partial charge in [-0.3, -0.25) is 0 Å². The van der Waals surface area contributed by atoms with Crippen molar-refractivity contribution in [3.05, 3.63) is 30.3 Å². The summed E-state index contributed by atoms with van der Waals surface area (Å²) in [5.74, 6) is 0.